The SMILES string of the molecule is NC(=S)Nc1cccc(Oc2ncc(C(F)(F)F)cc2Cl)c1. The summed E-state index contributed by atoms with van der Waals surface area (Å²) in [4.78, 5) is 3.59. The van der Waals surface area contributed by atoms with E-state index in [2.05, 4.69) is 10.3 Å². The molecule has 0 spiro atoms. The maximum atomic E-state index is 12.5. The molecule has 9 heteroatoms. The second kappa shape index (κ2) is 6.37. The summed E-state index contributed by atoms with van der Waals surface area (Å²) in [6, 6.07) is 7.22. The topological polar surface area (TPSA) is 60.2 Å². The molecule has 2 aromatic rings. The van der Waals surface area contributed by atoms with Crippen LogP contribution < -0.4 is 15.8 Å². The molecular weight excluding hydrogens is 339 g/mol. The van der Waals surface area contributed by atoms with Crippen molar-refractivity contribution in [3.05, 3.63) is 47.1 Å². The Morgan fingerprint density at radius 3 is 2.64 bits per heavy atom. The van der Waals surface area contributed by atoms with Crippen LogP contribution in [0, 0.1) is 0 Å². The number of nitrogens with two attached hydrogens (primary N) is 1. The fraction of sp³-hybridized carbons (Fsp3) is 0.0769. The lowest BCUT2D eigenvalue weighted by molar-refractivity contribution is -0.137. The molecule has 1 aromatic heterocycles. The molecule has 2 rings (SSSR count). The highest BCUT2D eigenvalue weighted by Crippen LogP contribution is 2.34. The van der Waals surface area contributed by atoms with Crippen molar-refractivity contribution in [1.29, 1.82) is 0 Å². The smallest absolute Gasteiger partial charge is 0.417 e. The maximum absolute atomic E-state index is 12.5. The summed E-state index contributed by atoms with van der Waals surface area (Å²) in [6.07, 6.45) is -3.87. The molecule has 3 N–H and O–H groups in total. The third-order valence-corrected chi connectivity index (χ3v) is 2.82. The van der Waals surface area contributed by atoms with Crippen LogP contribution in [0.3, 0.4) is 0 Å². The van der Waals surface area contributed by atoms with Gasteiger partial charge in [0, 0.05) is 18.0 Å². The number of pyridine rings is 1. The molecule has 0 aliphatic carbocycles. The zero-order chi connectivity index (χ0) is 16.3. The Morgan fingerprint density at radius 1 is 1.32 bits per heavy atom. The molecule has 1 heterocycles. The van der Waals surface area contributed by atoms with E-state index in [1.54, 1.807) is 24.3 Å². The van der Waals surface area contributed by atoms with Gasteiger partial charge in [-0.1, -0.05) is 17.7 Å². The number of hydrogen-bond acceptors (Lipinski definition) is 3. The summed E-state index contributed by atoms with van der Waals surface area (Å²) in [5.41, 5.74) is 4.96. The standard InChI is InChI=1S/C13H9ClF3N3OS/c14-10-4-7(13(15,16)17)6-19-11(10)21-9-3-1-2-8(5-9)20-12(18)22/h1-6H,(H3,18,20,22). The van der Waals surface area contributed by atoms with Gasteiger partial charge >= 0.3 is 6.18 Å². The second-order valence-electron chi connectivity index (χ2n) is 4.13. The van der Waals surface area contributed by atoms with Crippen LogP contribution in [0.5, 0.6) is 11.6 Å². The first-order chi connectivity index (χ1) is 10.3. The lowest BCUT2D eigenvalue weighted by Crippen LogP contribution is -2.18. The van der Waals surface area contributed by atoms with Crippen LogP contribution in [-0.2, 0) is 6.18 Å². The minimum Gasteiger partial charge on any atom is -0.437 e. The highest BCUT2D eigenvalue weighted by atomic mass is 35.5. The van der Waals surface area contributed by atoms with Gasteiger partial charge in [-0.3, -0.25) is 0 Å². The number of benzene rings is 1. The Morgan fingerprint density at radius 2 is 2.05 bits per heavy atom. The fourth-order valence-electron chi connectivity index (χ4n) is 1.55. The first-order valence-electron chi connectivity index (χ1n) is 5.83. The average Bonchev–Trinajstić information content (AvgIpc) is 2.39. The van der Waals surface area contributed by atoms with E-state index in [1.807, 2.05) is 0 Å². The van der Waals surface area contributed by atoms with E-state index >= 15 is 0 Å². The predicted octanol–water partition coefficient (Wildman–Crippen LogP) is 4.20. The zero-order valence-electron chi connectivity index (χ0n) is 10.8. The van der Waals surface area contributed by atoms with Crippen molar-refractivity contribution in [3.63, 3.8) is 0 Å². The zero-order valence-corrected chi connectivity index (χ0v) is 12.4. The Bertz CT molecular complexity index is 709. The van der Waals surface area contributed by atoms with Crippen LogP contribution in [-0.4, -0.2) is 10.1 Å². The summed E-state index contributed by atoms with van der Waals surface area (Å²) in [6.45, 7) is 0. The molecule has 0 radical (unpaired) electrons. The number of nitrogens with zero attached hydrogens (tertiary/aromatic N) is 1. The normalized spacial score (nSPS) is 11.1. The van der Waals surface area contributed by atoms with Crippen LogP contribution in [0.2, 0.25) is 5.02 Å². The van der Waals surface area contributed by atoms with Crippen molar-refractivity contribution in [2.75, 3.05) is 5.32 Å². The third kappa shape index (κ3) is 4.22. The van der Waals surface area contributed by atoms with E-state index in [0.29, 0.717) is 17.6 Å². The first kappa shape index (κ1) is 16.3. The molecule has 0 fully saturated rings. The number of rotatable bonds is 3. The molecule has 0 aliphatic rings. The Balaban J connectivity index is 2.22. The number of nitrogens with one attached hydrogen (secondary N) is 1. The van der Waals surface area contributed by atoms with Crippen molar-refractivity contribution in [3.8, 4) is 11.6 Å². The van der Waals surface area contributed by atoms with Gasteiger partial charge in [-0.05, 0) is 30.4 Å². The third-order valence-electron chi connectivity index (χ3n) is 2.45. The lowest BCUT2D eigenvalue weighted by atomic mass is 10.3. The largest absolute Gasteiger partial charge is 0.437 e. The molecule has 0 bridgehead atoms. The number of thiocarbonyl (C=S) groups is 1. The summed E-state index contributed by atoms with van der Waals surface area (Å²) in [7, 11) is 0. The predicted molar refractivity (Wildman–Crippen MR) is 81.2 cm³/mol. The average molecular weight is 348 g/mol. The first-order valence-corrected chi connectivity index (χ1v) is 6.61. The van der Waals surface area contributed by atoms with Gasteiger partial charge in [-0.2, -0.15) is 13.2 Å². The Labute approximate surface area is 134 Å². The van der Waals surface area contributed by atoms with Crippen LogP contribution in [0.25, 0.3) is 0 Å². The lowest BCUT2D eigenvalue weighted by Gasteiger charge is -2.11. The number of hydrogen-bond donors (Lipinski definition) is 2. The quantitative estimate of drug-likeness (QED) is 0.815. The van der Waals surface area contributed by atoms with E-state index in [4.69, 9.17) is 34.3 Å². The highest BCUT2D eigenvalue weighted by molar-refractivity contribution is 7.80. The van der Waals surface area contributed by atoms with Crippen molar-refractivity contribution >= 4 is 34.6 Å². The second-order valence-corrected chi connectivity index (χ2v) is 4.97. The summed E-state index contributed by atoms with van der Waals surface area (Å²) < 4.78 is 43.0. The van der Waals surface area contributed by atoms with Gasteiger partial charge in [0.05, 0.1) is 5.56 Å². The van der Waals surface area contributed by atoms with E-state index in [1.165, 1.54) is 0 Å². The number of ether oxygens (including phenoxy) is 1. The Kier molecular flexibility index (Phi) is 4.72. The van der Waals surface area contributed by atoms with Crippen molar-refractivity contribution in [1.82, 2.24) is 4.98 Å². The van der Waals surface area contributed by atoms with Gasteiger partial charge in [0.15, 0.2) is 5.11 Å². The maximum Gasteiger partial charge on any atom is 0.417 e. The molecule has 1 aromatic carbocycles. The van der Waals surface area contributed by atoms with Crippen molar-refractivity contribution in [2.24, 2.45) is 5.73 Å². The number of aromatic nitrogens is 1. The van der Waals surface area contributed by atoms with Gasteiger partial charge in [0.1, 0.15) is 10.8 Å². The molecule has 22 heavy (non-hydrogen) atoms. The molecule has 0 amide bonds. The van der Waals surface area contributed by atoms with Gasteiger partial charge in [0.25, 0.3) is 0 Å². The van der Waals surface area contributed by atoms with Gasteiger partial charge < -0.3 is 15.8 Å². The minimum absolute atomic E-state index is 0.0721. The molecule has 0 saturated carbocycles. The van der Waals surface area contributed by atoms with Crippen LogP contribution >= 0.6 is 23.8 Å². The molecule has 0 unspecified atom stereocenters. The number of alkyl halides is 3. The summed E-state index contributed by atoms with van der Waals surface area (Å²) in [5, 5.41) is 2.53. The van der Waals surface area contributed by atoms with Gasteiger partial charge in [-0.25, -0.2) is 4.98 Å². The van der Waals surface area contributed by atoms with Crippen LogP contribution in [0.4, 0.5) is 18.9 Å². The highest BCUT2D eigenvalue weighted by Gasteiger charge is 2.31. The van der Waals surface area contributed by atoms with Crippen LogP contribution in [0.1, 0.15) is 5.56 Å². The van der Waals surface area contributed by atoms with Gasteiger partial charge in [0.2, 0.25) is 5.88 Å². The monoisotopic (exact) mass is 347 g/mol. The fourth-order valence-corrected chi connectivity index (χ4v) is 1.87. The molecule has 0 saturated heterocycles. The van der Waals surface area contributed by atoms with Gasteiger partial charge in [-0.15, -0.1) is 0 Å². The number of anilines is 1. The van der Waals surface area contributed by atoms with Crippen molar-refractivity contribution in [2.45, 2.75) is 6.18 Å². The summed E-state index contributed by atoms with van der Waals surface area (Å²) >= 11 is 10.5. The van der Waals surface area contributed by atoms with E-state index in [0.717, 1.165) is 6.07 Å². The van der Waals surface area contributed by atoms with Crippen molar-refractivity contribution < 1.29 is 17.9 Å². The molecular formula is C13H9ClF3N3OS. The molecule has 4 nitrogen and oxygen atoms in total. The van der Waals surface area contributed by atoms with E-state index in [-0.39, 0.29) is 16.0 Å². The minimum atomic E-state index is -4.52. The summed E-state index contributed by atoms with van der Waals surface area (Å²) in [5.74, 6) is 0.178. The molecule has 116 valence electrons. The van der Waals surface area contributed by atoms with Crippen LogP contribution in [0.15, 0.2) is 36.5 Å². The number of halogens is 4. The molecule has 0 atom stereocenters. The van der Waals surface area contributed by atoms with E-state index in [9.17, 15) is 13.2 Å². The van der Waals surface area contributed by atoms with E-state index < -0.39 is 11.7 Å². The Hall–Kier alpha value is -2.06. The molecule has 0 aliphatic heterocycles.